The van der Waals surface area contributed by atoms with Gasteiger partial charge in [-0.3, -0.25) is 9.59 Å². The van der Waals surface area contributed by atoms with E-state index in [4.69, 9.17) is 16.3 Å². The average Bonchev–Trinajstić information content (AvgIpc) is 2.86. The highest BCUT2D eigenvalue weighted by molar-refractivity contribution is 6.33. The van der Waals surface area contributed by atoms with Gasteiger partial charge in [0, 0.05) is 29.4 Å². The molecule has 0 aromatic rings. The van der Waals surface area contributed by atoms with Gasteiger partial charge in [-0.25, -0.2) is 0 Å². The monoisotopic (exact) mass is 374 g/mol. The third-order valence-corrected chi connectivity index (χ3v) is 8.22. The van der Waals surface area contributed by atoms with E-state index < -0.39 is 0 Å². The van der Waals surface area contributed by atoms with Gasteiger partial charge in [0.05, 0.1) is 0 Å². The van der Waals surface area contributed by atoms with Crippen molar-refractivity contribution in [2.24, 2.45) is 22.7 Å². The van der Waals surface area contributed by atoms with Gasteiger partial charge in [-0.05, 0) is 49.4 Å². The quantitative estimate of drug-likeness (QED) is 0.383. The van der Waals surface area contributed by atoms with Crippen molar-refractivity contribution in [3.05, 3.63) is 33.9 Å². The smallest absolute Gasteiger partial charge is 0.302 e. The number of ether oxygens (including phenoxy) is 1. The zero-order valence-corrected chi connectivity index (χ0v) is 16.6. The maximum absolute atomic E-state index is 11.4. The van der Waals surface area contributed by atoms with Crippen molar-refractivity contribution in [1.29, 1.82) is 0 Å². The van der Waals surface area contributed by atoms with Gasteiger partial charge >= 0.3 is 5.97 Å². The fraction of sp³-hybridized carbons (Fsp3) is 0.636. The highest BCUT2D eigenvalue weighted by Gasteiger charge is 2.55. The van der Waals surface area contributed by atoms with Crippen LogP contribution in [0.5, 0.6) is 0 Å². The zero-order valence-electron chi connectivity index (χ0n) is 15.8. The normalized spacial score (nSPS) is 41.5. The van der Waals surface area contributed by atoms with Crippen LogP contribution in [0.3, 0.4) is 0 Å². The van der Waals surface area contributed by atoms with E-state index in [1.54, 1.807) is 0 Å². The minimum atomic E-state index is -0.181. The molecule has 4 aliphatic carbocycles. The fourth-order valence-electron chi connectivity index (χ4n) is 6.15. The van der Waals surface area contributed by atoms with Crippen molar-refractivity contribution < 1.29 is 14.3 Å². The van der Waals surface area contributed by atoms with Gasteiger partial charge < -0.3 is 4.74 Å². The Morgan fingerprint density at radius 3 is 2.77 bits per heavy atom. The van der Waals surface area contributed by atoms with Gasteiger partial charge in [-0.2, -0.15) is 0 Å². The molecule has 0 saturated heterocycles. The summed E-state index contributed by atoms with van der Waals surface area (Å²) in [5.41, 5.74) is 3.50. The van der Waals surface area contributed by atoms with Gasteiger partial charge in [0.2, 0.25) is 0 Å². The molecule has 4 aliphatic rings. The van der Waals surface area contributed by atoms with E-state index in [0.29, 0.717) is 17.4 Å². The molecule has 0 N–H and O–H groups in total. The summed E-state index contributed by atoms with van der Waals surface area (Å²) in [7, 11) is 0. The summed E-state index contributed by atoms with van der Waals surface area (Å²) in [6.45, 7) is 6.09. The highest BCUT2D eigenvalue weighted by Crippen LogP contribution is 2.64. The molecule has 0 spiro atoms. The molecule has 3 nitrogen and oxygen atoms in total. The molecule has 4 heteroatoms. The third-order valence-electron chi connectivity index (χ3n) is 7.59. The second-order valence-electron chi connectivity index (χ2n) is 8.93. The van der Waals surface area contributed by atoms with Crippen LogP contribution in [0.25, 0.3) is 0 Å². The number of carbonyl (C=O) groups excluding carboxylic acids is 2. The summed E-state index contributed by atoms with van der Waals surface area (Å²) in [6.07, 6.45) is 11.4. The van der Waals surface area contributed by atoms with E-state index in [-0.39, 0.29) is 22.9 Å². The fourth-order valence-corrected chi connectivity index (χ4v) is 6.46. The van der Waals surface area contributed by atoms with Crippen LogP contribution in [-0.2, 0) is 14.3 Å². The number of rotatable bonds is 2. The molecule has 2 saturated carbocycles. The summed E-state index contributed by atoms with van der Waals surface area (Å²) >= 11 is 6.60. The SMILES string of the molecule is CC(=O)OC1CCC2(C)C(=CCC3C4=CC(C=O)=C(Cl)C4(C)CCC32)C1. The summed E-state index contributed by atoms with van der Waals surface area (Å²) in [5.74, 6) is 0.856. The first-order valence-electron chi connectivity index (χ1n) is 9.74. The van der Waals surface area contributed by atoms with Gasteiger partial charge in [-0.1, -0.05) is 48.7 Å². The molecule has 140 valence electrons. The van der Waals surface area contributed by atoms with E-state index in [1.165, 1.54) is 18.1 Å². The topological polar surface area (TPSA) is 43.4 Å². The molecule has 5 unspecified atom stereocenters. The standard InChI is InChI=1S/C22H27ClO3/c1-13(25)26-16-6-8-21(2)15(11-16)4-5-17-18(21)7-9-22(3)19(17)10-14(12-24)20(22)23/h4,10,12,16-18H,5-9,11H2,1-3H3. The summed E-state index contributed by atoms with van der Waals surface area (Å²) in [6, 6.07) is 0. The Morgan fingerprint density at radius 2 is 2.08 bits per heavy atom. The van der Waals surface area contributed by atoms with Gasteiger partial charge in [0.15, 0.2) is 6.29 Å². The Kier molecular flexibility index (Phi) is 4.22. The summed E-state index contributed by atoms with van der Waals surface area (Å²) in [4.78, 5) is 22.8. The molecular weight excluding hydrogens is 348 g/mol. The number of halogens is 1. The number of esters is 1. The molecule has 4 rings (SSSR count). The number of carbonyl (C=O) groups is 2. The first kappa shape index (κ1) is 18.0. The minimum Gasteiger partial charge on any atom is -0.462 e. The van der Waals surface area contributed by atoms with Crippen LogP contribution >= 0.6 is 11.6 Å². The van der Waals surface area contributed by atoms with E-state index >= 15 is 0 Å². The Bertz CT molecular complexity index is 761. The van der Waals surface area contributed by atoms with Crippen molar-refractivity contribution in [3.63, 3.8) is 0 Å². The Hall–Kier alpha value is -1.35. The number of hydrogen-bond donors (Lipinski definition) is 0. The van der Waals surface area contributed by atoms with Crippen molar-refractivity contribution in [1.82, 2.24) is 0 Å². The van der Waals surface area contributed by atoms with Crippen molar-refractivity contribution in [2.75, 3.05) is 0 Å². The van der Waals surface area contributed by atoms with Crippen LogP contribution < -0.4 is 0 Å². The van der Waals surface area contributed by atoms with Crippen LogP contribution in [0.15, 0.2) is 33.9 Å². The van der Waals surface area contributed by atoms with E-state index in [9.17, 15) is 9.59 Å². The Balaban J connectivity index is 1.65. The first-order chi connectivity index (χ1) is 12.3. The average molecular weight is 375 g/mol. The van der Waals surface area contributed by atoms with Crippen LogP contribution in [0.4, 0.5) is 0 Å². The van der Waals surface area contributed by atoms with E-state index in [1.807, 2.05) is 0 Å². The molecular formula is C22H27ClO3. The maximum Gasteiger partial charge on any atom is 0.302 e. The zero-order chi connectivity index (χ0) is 18.7. The predicted octanol–water partition coefficient (Wildman–Crippen LogP) is 5.10. The number of fused-ring (bicyclic) bond motifs is 5. The number of aldehydes is 1. The second-order valence-corrected chi connectivity index (χ2v) is 9.31. The summed E-state index contributed by atoms with van der Waals surface area (Å²) < 4.78 is 5.50. The Morgan fingerprint density at radius 1 is 1.31 bits per heavy atom. The highest BCUT2D eigenvalue weighted by atomic mass is 35.5. The minimum absolute atomic E-state index is 0.0284. The molecule has 0 aromatic heterocycles. The largest absolute Gasteiger partial charge is 0.462 e. The van der Waals surface area contributed by atoms with Crippen molar-refractivity contribution >= 4 is 23.9 Å². The molecule has 0 aromatic carbocycles. The molecule has 0 bridgehead atoms. The molecule has 2 fully saturated rings. The molecule has 0 amide bonds. The van der Waals surface area contributed by atoms with E-state index in [2.05, 4.69) is 26.0 Å². The van der Waals surface area contributed by atoms with Gasteiger partial charge in [0.1, 0.15) is 6.10 Å². The lowest BCUT2D eigenvalue weighted by Crippen LogP contribution is -2.47. The van der Waals surface area contributed by atoms with Crippen LogP contribution in [0.2, 0.25) is 0 Å². The summed E-state index contributed by atoms with van der Waals surface area (Å²) in [5, 5.41) is 0.736. The lowest BCUT2D eigenvalue weighted by Gasteiger charge is -2.55. The van der Waals surface area contributed by atoms with Crippen LogP contribution in [-0.4, -0.2) is 18.4 Å². The lowest BCUT2D eigenvalue weighted by atomic mass is 9.49. The lowest BCUT2D eigenvalue weighted by molar-refractivity contribution is -0.148. The van der Waals surface area contributed by atoms with Crippen molar-refractivity contribution in [2.45, 2.75) is 65.4 Å². The second kappa shape index (κ2) is 6.09. The van der Waals surface area contributed by atoms with Crippen LogP contribution in [0, 0.1) is 22.7 Å². The number of hydrogen-bond acceptors (Lipinski definition) is 3. The predicted molar refractivity (Wildman–Crippen MR) is 102 cm³/mol. The molecule has 0 aliphatic heterocycles. The molecule has 26 heavy (non-hydrogen) atoms. The Labute approximate surface area is 160 Å². The van der Waals surface area contributed by atoms with Gasteiger partial charge in [0.25, 0.3) is 0 Å². The first-order valence-corrected chi connectivity index (χ1v) is 10.1. The molecule has 0 heterocycles. The number of allylic oxidation sites excluding steroid dienone is 5. The third kappa shape index (κ3) is 2.46. The van der Waals surface area contributed by atoms with Crippen molar-refractivity contribution in [3.8, 4) is 0 Å². The van der Waals surface area contributed by atoms with E-state index in [0.717, 1.165) is 49.8 Å². The maximum atomic E-state index is 11.4. The van der Waals surface area contributed by atoms with Gasteiger partial charge in [-0.15, -0.1) is 0 Å². The van der Waals surface area contributed by atoms with Crippen LogP contribution in [0.1, 0.15) is 59.3 Å². The molecule has 0 radical (unpaired) electrons. The molecule has 5 atom stereocenters.